The molecule has 0 atom stereocenters. The number of thiophene rings is 1. The number of aryl methyl sites for hydroxylation is 1. The third kappa shape index (κ3) is 5.34. The average molecular weight is 469 g/mol. The second-order valence-corrected chi connectivity index (χ2v) is 9.38. The van der Waals surface area contributed by atoms with Crippen LogP contribution in [0.2, 0.25) is 0 Å². The summed E-state index contributed by atoms with van der Waals surface area (Å²) in [5.41, 5.74) is 2.22. The van der Waals surface area contributed by atoms with Crippen LogP contribution in [0.4, 0.5) is 5.82 Å². The van der Waals surface area contributed by atoms with Gasteiger partial charge in [0.2, 0.25) is 0 Å². The fourth-order valence-electron chi connectivity index (χ4n) is 4.40. The standard InChI is InChI=1S/C25H32N4O3S/c1-3-31-13-7-12-26-23(30)21-18(2)20-22(28-17-29-24(20)33-21)27-16-25(10-14-32-15-11-25)19-8-5-4-6-9-19/h4-6,8-9,17H,3,7,10-16H2,1-2H3,(H,26,30)(H,27,28,29). The summed E-state index contributed by atoms with van der Waals surface area (Å²) >= 11 is 1.42. The van der Waals surface area contributed by atoms with Crippen molar-refractivity contribution in [1.82, 2.24) is 15.3 Å². The lowest BCUT2D eigenvalue weighted by molar-refractivity contribution is 0.0544. The van der Waals surface area contributed by atoms with E-state index in [0.717, 1.165) is 60.6 Å². The van der Waals surface area contributed by atoms with Gasteiger partial charge in [0.25, 0.3) is 5.91 Å². The Morgan fingerprint density at radius 3 is 2.76 bits per heavy atom. The monoisotopic (exact) mass is 468 g/mol. The zero-order chi connectivity index (χ0) is 23.1. The number of fused-ring (bicyclic) bond motifs is 1. The number of rotatable bonds is 10. The molecule has 0 spiro atoms. The molecule has 1 saturated heterocycles. The highest BCUT2D eigenvalue weighted by atomic mass is 32.1. The maximum atomic E-state index is 12.8. The van der Waals surface area contributed by atoms with Gasteiger partial charge < -0.3 is 20.1 Å². The smallest absolute Gasteiger partial charge is 0.261 e. The van der Waals surface area contributed by atoms with Crippen molar-refractivity contribution in [2.75, 3.05) is 44.8 Å². The molecule has 1 aliphatic rings. The van der Waals surface area contributed by atoms with Gasteiger partial charge in [0.15, 0.2) is 0 Å². The number of carbonyl (C=O) groups is 1. The first-order valence-corrected chi connectivity index (χ1v) is 12.4. The van der Waals surface area contributed by atoms with E-state index in [0.29, 0.717) is 24.6 Å². The summed E-state index contributed by atoms with van der Waals surface area (Å²) in [4.78, 5) is 23.3. The maximum absolute atomic E-state index is 12.8. The molecule has 1 fully saturated rings. The van der Waals surface area contributed by atoms with Crippen molar-refractivity contribution in [3.05, 3.63) is 52.7 Å². The van der Waals surface area contributed by atoms with E-state index in [-0.39, 0.29) is 11.3 Å². The predicted octanol–water partition coefficient (Wildman–Crippen LogP) is 4.32. The van der Waals surface area contributed by atoms with Gasteiger partial charge >= 0.3 is 0 Å². The van der Waals surface area contributed by atoms with Gasteiger partial charge in [0.05, 0.1) is 10.3 Å². The van der Waals surface area contributed by atoms with Crippen LogP contribution >= 0.6 is 11.3 Å². The van der Waals surface area contributed by atoms with Gasteiger partial charge in [0.1, 0.15) is 17.0 Å². The van der Waals surface area contributed by atoms with Gasteiger partial charge in [-0.15, -0.1) is 11.3 Å². The van der Waals surface area contributed by atoms with E-state index in [1.807, 2.05) is 13.8 Å². The highest BCUT2D eigenvalue weighted by Gasteiger charge is 2.34. The van der Waals surface area contributed by atoms with E-state index in [9.17, 15) is 4.79 Å². The second-order valence-electron chi connectivity index (χ2n) is 8.38. The number of hydrogen-bond donors (Lipinski definition) is 2. The molecule has 176 valence electrons. The van der Waals surface area contributed by atoms with Gasteiger partial charge in [-0.25, -0.2) is 9.97 Å². The van der Waals surface area contributed by atoms with Crippen LogP contribution in [-0.4, -0.2) is 55.4 Å². The highest BCUT2D eigenvalue weighted by Crippen LogP contribution is 2.37. The summed E-state index contributed by atoms with van der Waals surface area (Å²) in [5, 5.41) is 7.54. The van der Waals surface area contributed by atoms with E-state index in [2.05, 4.69) is 50.9 Å². The number of aromatic nitrogens is 2. The zero-order valence-corrected chi connectivity index (χ0v) is 20.2. The fraction of sp³-hybridized carbons (Fsp3) is 0.480. The molecule has 0 bridgehead atoms. The van der Waals surface area contributed by atoms with Crippen molar-refractivity contribution in [3.63, 3.8) is 0 Å². The Morgan fingerprint density at radius 2 is 2.00 bits per heavy atom. The molecule has 0 unspecified atom stereocenters. The Morgan fingerprint density at radius 1 is 1.21 bits per heavy atom. The minimum absolute atomic E-state index is 0.0124. The Balaban J connectivity index is 1.53. The van der Waals surface area contributed by atoms with E-state index < -0.39 is 0 Å². The molecule has 8 heteroatoms. The van der Waals surface area contributed by atoms with Crippen LogP contribution in [-0.2, 0) is 14.9 Å². The van der Waals surface area contributed by atoms with Crippen molar-refractivity contribution in [2.24, 2.45) is 0 Å². The second kappa shape index (κ2) is 11.0. The van der Waals surface area contributed by atoms with Crippen LogP contribution in [0.3, 0.4) is 0 Å². The maximum Gasteiger partial charge on any atom is 0.261 e. The molecule has 3 aromatic rings. The lowest BCUT2D eigenvalue weighted by atomic mass is 9.74. The van der Waals surface area contributed by atoms with Crippen LogP contribution in [0.1, 0.15) is 47.0 Å². The van der Waals surface area contributed by atoms with E-state index in [4.69, 9.17) is 9.47 Å². The molecule has 0 saturated carbocycles. The Hall–Kier alpha value is -2.55. The van der Waals surface area contributed by atoms with Gasteiger partial charge in [-0.3, -0.25) is 4.79 Å². The van der Waals surface area contributed by atoms with Crippen LogP contribution in [0.5, 0.6) is 0 Å². The molecule has 0 aliphatic carbocycles. The molecule has 3 heterocycles. The molecular formula is C25H32N4O3S. The Labute approximate surface area is 198 Å². The third-order valence-electron chi connectivity index (χ3n) is 6.32. The van der Waals surface area contributed by atoms with Crippen LogP contribution in [0, 0.1) is 6.92 Å². The summed E-state index contributed by atoms with van der Waals surface area (Å²) in [6.45, 7) is 8.12. The van der Waals surface area contributed by atoms with Crippen molar-refractivity contribution in [2.45, 2.75) is 38.5 Å². The topological polar surface area (TPSA) is 85.4 Å². The average Bonchev–Trinajstić information content (AvgIpc) is 3.21. The lowest BCUT2D eigenvalue weighted by Gasteiger charge is -2.38. The fourth-order valence-corrected chi connectivity index (χ4v) is 5.46. The molecule has 2 N–H and O–H groups in total. The number of carbonyl (C=O) groups excluding carboxylic acids is 1. The predicted molar refractivity (Wildman–Crippen MR) is 132 cm³/mol. The number of nitrogens with one attached hydrogen (secondary N) is 2. The number of anilines is 1. The van der Waals surface area contributed by atoms with Crippen molar-refractivity contribution >= 4 is 33.3 Å². The summed E-state index contributed by atoms with van der Waals surface area (Å²) in [7, 11) is 0. The normalized spacial score (nSPS) is 15.5. The Bertz CT molecular complexity index is 1060. The molecule has 1 aromatic carbocycles. The number of ether oxygens (including phenoxy) is 2. The quantitative estimate of drug-likeness (QED) is 0.431. The third-order valence-corrected chi connectivity index (χ3v) is 7.52. The Kier molecular flexibility index (Phi) is 7.90. The lowest BCUT2D eigenvalue weighted by Crippen LogP contribution is -2.40. The highest BCUT2D eigenvalue weighted by molar-refractivity contribution is 7.20. The van der Waals surface area contributed by atoms with Crippen molar-refractivity contribution in [1.29, 1.82) is 0 Å². The van der Waals surface area contributed by atoms with Gasteiger partial charge in [0, 0.05) is 44.9 Å². The number of benzene rings is 1. The summed E-state index contributed by atoms with van der Waals surface area (Å²) in [5.74, 6) is 0.717. The first-order valence-electron chi connectivity index (χ1n) is 11.6. The minimum atomic E-state index is -0.0665. The van der Waals surface area contributed by atoms with E-state index >= 15 is 0 Å². The summed E-state index contributed by atoms with van der Waals surface area (Å²) in [6, 6.07) is 10.6. The van der Waals surface area contributed by atoms with Gasteiger partial charge in [-0.1, -0.05) is 30.3 Å². The van der Waals surface area contributed by atoms with Gasteiger partial charge in [-0.2, -0.15) is 0 Å². The van der Waals surface area contributed by atoms with E-state index in [1.165, 1.54) is 16.9 Å². The molecule has 7 nitrogen and oxygen atoms in total. The first kappa shape index (κ1) is 23.6. The number of nitrogens with zero attached hydrogens (tertiary/aromatic N) is 2. The number of hydrogen-bond acceptors (Lipinski definition) is 7. The van der Waals surface area contributed by atoms with Gasteiger partial charge in [-0.05, 0) is 44.2 Å². The molecule has 2 aromatic heterocycles. The molecule has 33 heavy (non-hydrogen) atoms. The van der Waals surface area contributed by atoms with Crippen molar-refractivity contribution < 1.29 is 14.3 Å². The SMILES string of the molecule is CCOCCCNC(=O)c1sc2ncnc(NCC3(c4ccccc4)CCOCC3)c2c1C. The summed E-state index contributed by atoms with van der Waals surface area (Å²) in [6.07, 6.45) is 4.28. The summed E-state index contributed by atoms with van der Waals surface area (Å²) < 4.78 is 11.0. The number of amides is 1. The molecular weight excluding hydrogens is 436 g/mol. The zero-order valence-electron chi connectivity index (χ0n) is 19.4. The van der Waals surface area contributed by atoms with Crippen molar-refractivity contribution in [3.8, 4) is 0 Å². The molecule has 4 rings (SSSR count). The minimum Gasteiger partial charge on any atom is -0.382 e. The molecule has 1 amide bonds. The first-order chi connectivity index (χ1) is 16.1. The van der Waals surface area contributed by atoms with Crippen LogP contribution in [0.25, 0.3) is 10.2 Å². The largest absolute Gasteiger partial charge is 0.382 e. The van der Waals surface area contributed by atoms with E-state index in [1.54, 1.807) is 6.33 Å². The van der Waals surface area contributed by atoms with Crippen LogP contribution in [0.15, 0.2) is 36.7 Å². The molecule has 1 aliphatic heterocycles. The molecule has 0 radical (unpaired) electrons. The van der Waals surface area contributed by atoms with Crippen LogP contribution < -0.4 is 10.6 Å².